The minimum absolute atomic E-state index is 0.0319. The molecule has 3 aliphatic heterocycles. The van der Waals surface area contributed by atoms with E-state index < -0.39 is 0 Å². The van der Waals surface area contributed by atoms with E-state index in [1.807, 2.05) is 11.0 Å². The number of likely N-dealkylation sites (tertiary alicyclic amines) is 1. The van der Waals surface area contributed by atoms with E-state index in [0.29, 0.717) is 19.6 Å². The molecule has 3 saturated heterocycles. The van der Waals surface area contributed by atoms with Gasteiger partial charge >= 0.3 is 0 Å². The van der Waals surface area contributed by atoms with Gasteiger partial charge in [0.25, 0.3) is 0 Å². The Balaban J connectivity index is 1.46. The Morgan fingerprint density at radius 3 is 2.64 bits per heavy atom. The summed E-state index contributed by atoms with van der Waals surface area (Å²) in [6.07, 6.45) is 0.639. The zero-order chi connectivity index (χ0) is 17.4. The summed E-state index contributed by atoms with van der Waals surface area (Å²) in [5.41, 5.74) is 1.26. The third-order valence-electron chi connectivity index (χ3n) is 5.88. The molecule has 0 radical (unpaired) electrons. The van der Waals surface area contributed by atoms with Gasteiger partial charge in [-0.1, -0.05) is 30.3 Å². The highest BCUT2D eigenvalue weighted by atomic mass is 16.3. The minimum Gasteiger partial charge on any atom is -0.396 e. The topological polar surface area (TPSA) is 67.2 Å². The first-order valence-corrected chi connectivity index (χ1v) is 9.19. The highest BCUT2D eigenvalue weighted by Crippen LogP contribution is 2.39. The van der Waals surface area contributed by atoms with Gasteiger partial charge in [-0.3, -0.25) is 14.6 Å². The molecule has 3 heterocycles. The first-order chi connectivity index (χ1) is 12.1. The maximum absolute atomic E-state index is 12.3. The fraction of sp³-hybridized carbons (Fsp3) is 0.632. The van der Waals surface area contributed by atoms with Crippen molar-refractivity contribution in [3.05, 3.63) is 35.9 Å². The van der Waals surface area contributed by atoms with Gasteiger partial charge in [-0.25, -0.2) is 0 Å². The molecule has 6 nitrogen and oxygen atoms in total. The number of hydrogen-bond acceptors (Lipinski definition) is 5. The van der Waals surface area contributed by atoms with Crippen molar-refractivity contribution in [2.75, 3.05) is 39.3 Å². The zero-order valence-corrected chi connectivity index (χ0v) is 14.5. The highest BCUT2D eigenvalue weighted by Gasteiger charge is 2.56. The second-order valence-corrected chi connectivity index (χ2v) is 7.80. The number of carbonyl (C=O) groups excluding carboxylic acids is 1. The van der Waals surface area contributed by atoms with Gasteiger partial charge in [0, 0.05) is 51.7 Å². The lowest BCUT2D eigenvalue weighted by atomic mass is 9.83. The Labute approximate surface area is 148 Å². The van der Waals surface area contributed by atoms with E-state index in [2.05, 4.69) is 34.1 Å². The van der Waals surface area contributed by atoms with E-state index in [9.17, 15) is 9.90 Å². The van der Waals surface area contributed by atoms with Gasteiger partial charge in [-0.15, -0.1) is 0 Å². The van der Waals surface area contributed by atoms with Crippen molar-refractivity contribution in [1.82, 2.24) is 14.7 Å². The van der Waals surface area contributed by atoms with Crippen LogP contribution in [0.25, 0.3) is 0 Å². The summed E-state index contributed by atoms with van der Waals surface area (Å²) >= 11 is 0. The summed E-state index contributed by atoms with van der Waals surface area (Å²) < 4.78 is 0. The van der Waals surface area contributed by atoms with Crippen LogP contribution in [-0.2, 0) is 11.3 Å². The summed E-state index contributed by atoms with van der Waals surface area (Å²) in [6.45, 7) is 4.78. The number of aliphatic hydroxyl groups excluding tert-OH is 2. The lowest BCUT2D eigenvalue weighted by Crippen LogP contribution is -2.78. The van der Waals surface area contributed by atoms with Gasteiger partial charge in [-0.05, 0) is 12.0 Å². The van der Waals surface area contributed by atoms with Crippen LogP contribution >= 0.6 is 0 Å². The number of aliphatic hydroxyl groups is 2. The fourth-order valence-electron chi connectivity index (χ4n) is 4.88. The summed E-state index contributed by atoms with van der Waals surface area (Å²) in [6, 6.07) is 10.7. The molecule has 2 atom stereocenters. The van der Waals surface area contributed by atoms with Gasteiger partial charge in [-0.2, -0.15) is 0 Å². The highest BCUT2D eigenvalue weighted by molar-refractivity contribution is 5.76. The smallest absolute Gasteiger partial charge is 0.224 e. The third kappa shape index (κ3) is 3.19. The van der Waals surface area contributed by atoms with Crippen LogP contribution in [0.3, 0.4) is 0 Å². The van der Waals surface area contributed by atoms with Crippen LogP contribution in [0, 0.1) is 0 Å². The number of amides is 1. The number of rotatable bonds is 4. The molecule has 3 aliphatic rings. The predicted molar refractivity (Wildman–Crippen MR) is 93.9 cm³/mol. The largest absolute Gasteiger partial charge is 0.396 e. The minimum atomic E-state index is -0.294. The molecule has 1 aromatic rings. The second-order valence-electron chi connectivity index (χ2n) is 7.80. The maximum atomic E-state index is 12.3. The lowest BCUT2D eigenvalue weighted by Gasteiger charge is -2.61. The molecule has 4 rings (SSSR count). The predicted octanol–water partition coefficient (Wildman–Crippen LogP) is -0.0992. The van der Waals surface area contributed by atoms with Crippen molar-refractivity contribution in [1.29, 1.82) is 0 Å². The Kier molecular flexibility index (Phi) is 4.54. The number of benzene rings is 1. The average molecular weight is 345 g/mol. The van der Waals surface area contributed by atoms with Crippen molar-refractivity contribution in [2.45, 2.75) is 37.1 Å². The Hall–Kier alpha value is -1.47. The van der Waals surface area contributed by atoms with Crippen LogP contribution in [0.4, 0.5) is 0 Å². The Bertz CT molecular complexity index is 618. The molecule has 1 amide bonds. The molecule has 2 N–H and O–H groups in total. The average Bonchev–Trinajstić information content (AvgIpc) is 2.95. The van der Waals surface area contributed by atoms with Crippen molar-refractivity contribution < 1.29 is 15.0 Å². The number of piperazine rings is 1. The van der Waals surface area contributed by atoms with E-state index in [1.165, 1.54) is 5.56 Å². The van der Waals surface area contributed by atoms with Gasteiger partial charge < -0.3 is 15.1 Å². The summed E-state index contributed by atoms with van der Waals surface area (Å²) in [5.74, 6) is 0.0319. The number of β-amino-alcohol motifs (C(OH)–C–C–N with tert-alkyl or cyclic N) is 1. The fourth-order valence-corrected chi connectivity index (χ4v) is 4.88. The lowest BCUT2D eigenvalue weighted by molar-refractivity contribution is -0.151. The Morgan fingerprint density at radius 2 is 1.92 bits per heavy atom. The quantitative estimate of drug-likeness (QED) is 0.798. The van der Waals surface area contributed by atoms with Gasteiger partial charge in [0.2, 0.25) is 5.91 Å². The van der Waals surface area contributed by atoms with Crippen LogP contribution in [-0.4, -0.2) is 87.8 Å². The third-order valence-corrected chi connectivity index (χ3v) is 5.88. The zero-order valence-electron chi connectivity index (χ0n) is 14.5. The Morgan fingerprint density at radius 1 is 1.16 bits per heavy atom. The van der Waals surface area contributed by atoms with Crippen LogP contribution in [0.2, 0.25) is 0 Å². The van der Waals surface area contributed by atoms with E-state index >= 15 is 0 Å². The standard InChI is InChI=1S/C19H27N3O3/c23-7-6-18(25)21-10-16-8-17(24)11-22(16)19(14-21)12-20(13-19)9-15-4-2-1-3-5-15/h1-5,16-17,23-24H,6-14H2/t16-,17-/m1/s1. The van der Waals surface area contributed by atoms with Crippen LogP contribution in [0.15, 0.2) is 30.3 Å². The molecule has 0 aromatic heterocycles. The molecular weight excluding hydrogens is 318 g/mol. The molecule has 0 bridgehead atoms. The van der Waals surface area contributed by atoms with Crippen molar-refractivity contribution >= 4 is 5.91 Å². The molecule has 6 heteroatoms. The molecular formula is C19H27N3O3. The number of hydrogen-bond donors (Lipinski definition) is 2. The summed E-state index contributed by atoms with van der Waals surface area (Å²) in [5, 5.41) is 19.2. The second kappa shape index (κ2) is 6.68. The molecule has 1 aromatic carbocycles. The molecule has 0 aliphatic carbocycles. The molecule has 136 valence electrons. The van der Waals surface area contributed by atoms with E-state index in [1.54, 1.807) is 0 Å². The number of carbonyl (C=O) groups is 1. The van der Waals surface area contributed by atoms with Crippen LogP contribution in [0.5, 0.6) is 0 Å². The first-order valence-electron chi connectivity index (χ1n) is 9.19. The SMILES string of the molecule is O=C(CCO)N1C[C@H]2C[C@@H](O)CN2C2(CN(Cc3ccccc3)C2)C1. The van der Waals surface area contributed by atoms with E-state index in [0.717, 1.165) is 26.1 Å². The monoisotopic (exact) mass is 345 g/mol. The van der Waals surface area contributed by atoms with Gasteiger partial charge in [0.15, 0.2) is 0 Å². The van der Waals surface area contributed by atoms with Gasteiger partial charge in [0.1, 0.15) is 0 Å². The normalized spacial score (nSPS) is 28.8. The van der Waals surface area contributed by atoms with Crippen molar-refractivity contribution in [2.24, 2.45) is 0 Å². The first kappa shape index (κ1) is 17.0. The summed E-state index contributed by atoms with van der Waals surface area (Å²) in [4.78, 5) is 19.1. The van der Waals surface area contributed by atoms with Crippen molar-refractivity contribution in [3.63, 3.8) is 0 Å². The molecule has 0 saturated carbocycles. The molecule has 25 heavy (non-hydrogen) atoms. The summed E-state index contributed by atoms with van der Waals surface area (Å²) in [7, 11) is 0. The van der Waals surface area contributed by atoms with Crippen molar-refractivity contribution in [3.8, 4) is 0 Å². The maximum Gasteiger partial charge on any atom is 0.224 e. The van der Waals surface area contributed by atoms with Gasteiger partial charge in [0.05, 0.1) is 18.2 Å². The number of nitrogens with zero attached hydrogens (tertiary/aromatic N) is 3. The number of fused-ring (bicyclic) bond motifs is 2. The molecule has 0 unspecified atom stereocenters. The molecule has 3 fully saturated rings. The van der Waals surface area contributed by atoms with Crippen LogP contribution < -0.4 is 0 Å². The van der Waals surface area contributed by atoms with E-state index in [-0.39, 0.29) is 36.6 Å². The van der Waals surface area contributed by atoms with Crippen LogP contribution in [0.1, 0.15) is 18.4 Å². The van der Waals surface area contributed by atoms with E-state index in [4.69, 9.17) is 5.11 Å². The molecule has 1 spiro atoms.